The fourth-order valence-electron chi connectivity index (χ4n) is 4.84. The Hall–Kier alpha value is -4.21. The molecule has 2 aliphatic heterocycles. The first-order valence-electron chi connectivity index (χ1n) is 13.7. The van der Waals surface area contributed by atoms with Crippen molar-refractivity contribution >= 4 is 34.7 Å². The number of fused-ring (bicyclic) bond motifs is 2. The number of carbonyl (C=O) groups excluding carboxylic acids is 1. The lowest BCUT2D eigenvalue weighted by Gasteiger charge is -2.35. The second-order valence-corrected chi connectivity index (χ2v) is 10.6. The second kappa shape index (κ2) is 11.9. The van der Waals surface area contributed by atoms with Crippen LogP contribution in [0.15, 0.2) is 41.8 Å². The van der Waals surface area contributed by atoms with Crippen LogP contribution < -0.4 is 19.9 Å². The summed E-state index contributed by atoms with van der Waals surface area (Å²) >= 11 is 0. The van der Waals surface area contributed by atoms with Gasteiger partial charge in [0.1, 0.15) is 29.4 Å². The number of nitrogens with zero attached hydrogens (tertiary/aromatic N) is 5. The van der Waals surface area contributed by atoms with Gasteiger partial charge < -0.3 is 19.7 Å². The maximum Gasteiger partial charge on any atom is 0.415 e. The van der Waals surface area contributed by atoms with Gasteiger partial charge in [-0.3, -0.25) is 4.90 Å². The third-order valence-electron chi connectivity index (χ3n) is 6.69. The number of amides is 1. The highest BCUT2D eigenvalue weighted by Gasteiger charge is 2.32. The first-order chi connectivity index (χ1) is 19.1. The Morgan fingerprint density at radius 3 is 2.55 bits per heavy atom. The molecule has 1 N–H and O–H groups in total. The number of carbonyl (C=O) groups is 1. The summed E-state index contributed by atoms with van der Waals surface area (Å²) < 4.78 is 11.4. The summed E-state index contributed by atoms with van der Waals surface area (Å²) in [5, 5.41) is 6.37. The number of benzene rings is 1. The van der Waals surface area contributed by atoms with Gasteiger partial charge in [-0.2, -0.15) is 0 Å². The number of ether oxygens (including phenoxy) is 2. The Balaban J connectivity index is 0.00000181. The fraction of sp³-hybridized carbons (Fsp3) is 0.433. The number of nitrogens with one attached hydrogen (secondary N) is 1. The Bertz CT molecular complexity index is 1400. The van der Waals surface area contributed by atoms with E-state index in [-0.39, 0.29) is 0 Å². The monoisotopic (exact) mass is 546 g/mol. The topological polar surface area (TPSA) is 109 Å². The minimum absolute atomic E-state index is 0.367. The molecule has 5 rings (SSSR count). The van der Waals surface area contributed by atoms with Gasteiger partial charge in [-0.1, -0.05) is 13.8 Å². The Labute approximate surface area is 235 Å². The van der Waals surface area contributed by atoms with Gasteiger partial charge in [0.05, 0.1) is 18.4 Å². The molecule has 0 saturated carbocycles. The van der Waals surface area contributed by atoms with Crippen LogP contribution in [0.3, 0.4) is 0 Å². The number of hydrogen-bond donors (Lipinski definition) is 1. The van der Waals surface area contributed by atoms with Gasteiger partial charge >= 0.3 is 6.09 Å². The quantitative estimate of drug-likeness (QED) is 0.350. The van der Waals surface area contributed by atoms with Gasteiger partial charge in [0.2, 0.25) is 5.88 Å². The van der Waals surface area contributed by atoms with E-state index in [1.54, 1.807) is 11.0 Å². The largest absolute Gasteiger partial charge is 0.474 e. The van der Waals surface area contributed by atoms with Crippen molar-refractivity contribution in [1.82, 2.24) is 9.97 Å². The molecule has 0 spiro atoms. The maximum atomic E-state index is 13.0. The molecule has 0 radical (unpaired) electrons. The molecule has 0 aliphatic carbocycles. The third kappa shape index (κ3) is 6.16. The smallest absolute Gasteiger partial charge is 0.415 e. The molecule has 1 aromatic carbocycles. The second-order valence-electron chi connectivity index (χ2n) is 10.6. The lowest BCUT2D eigenvalue weighted by Crippen LogP contribution is -2.42. The van der Waals surface area contributed by atoms with E-state index < -0.39 is 11.7 Å². The van der Waals surface area contributed by atoms with Crippen molar-refractivity contribution in [3.8, 4) is 5.88 Å². The van der Waals surface area contributed by atoms with Gasteiger partial charge in [-0.05, 0) is 87.2 Å². The van der Waals surface area contributed by atoms with Gasteiger partial charge in [0, 0.05) is 30.5 Å². The van der Waals surface area contributed by atoms with E-state index >= 15 is 0 Å². The van der Waals surface area contributed by atoms with Crippen molar-refractivity contribution < 1.29 is 14.3 Å². The molecule has 10 heteroatoms. The van der Waals surface area contributed by atoms with E-state index in [4.69, 9.17) is 9.47 Å². The lowest BCUT2D eigenvalue weighted by atomic mass is 10.0. The van der Waals surface area contributed by atoms with Crippen LogP contribution in [-0.2, 0) is 17.7 Å². The van der Waals surface area contributed by atoms with E-state index in [0.717, 1.165) is 46.8 Å². The molecule has 3 aromatic rings. The average molecular weight is 547 g/mol. The number of nitroso groups, excluding NO2 is 1. The van der Waals surface area contributed by atoms with Gasteiger partial charge in [-0.25, -0.2) is 14.8 Å². The van der Waals surface area contributed by atoms with E-state index in [0.29, 0.717) is 37.0 Å². The van der Waals surface area contributed by atoms with Gasteiger partial charge in [0.15, 0.2) is 0 Å². The zero-order chi connectivity index (χ0) is 29.0. The number of pyridine rings is 2. The molecule has 10 nitrogen and oxygen atoms in total. The Morgan fingerprint density at radius 1 is 1.07 bits per heavy atom. The number of aryl methyl sites for hydroxylation is 1. The first-order valence-corrected chi connectivity index (χ1v) is 13.7. The number of hydrogen-bond acceptors (Lipinski definition) is 9. The van der Waals surface area contributed by atoms with Crippen LogP contribution in [0.5, 0.6) is 5.88 Å². The summed E-state index contributed by atoms with van der Waals surface area (Å²) in [6.07, 6.45) is 4.18. The molecule has 1 amide bonds. The number of anilines is 4. The zero-order valence-corrected chi connectivity index (χ0v) is 24.4. The van der Waals surface area contributed by atoms with E-state index in [9.17, 15) is 9.70 Å². The summed E-state index contributed by atoms with van der Waals surface area (Å²) in [6.45, 7) is 15.7. The highest BCUT2D eigenvalue weighted by molar-refractivity contribution is 5.92. The zero-order valence-electron chi connectivity index (χ0n) is 24.4. The van der Waals surface area contributed by atoms with Crippen LogP contribution >= 0.6 is 0 Å². The van der Waals surface area contributed by atoms with Crippen LogP contribution in [0.4, 0.5) is 33.4 Å². The molecule has 0 atom stereocenters. The van der Waals surface area contributed by atoms with E-state index in [2.05, 4.69) is 31.4 Å². The third-order valence-corrected chi connectivity index (χ3v) is 6.69. The average Bonchev–Trinajstić information content (AvgIpc) is 2.93. The van der Waals surface area contributed by atoms with Crippen LogP contribution in [0.25, 0.3) is 0 Å². The molecule has 0 fully saturated rings. The SMILES string of the molecule is CC.Cc1cc(Nc2cc3c(cn2)CCN(c2cnc4c(c2C)N(C(=O)OC(C)(C)C)CCO4)C3)ccc1N=O. The molecule has 2 aliphatic rings. The number of rotatable bonds is 4. The summed E-state index contributed by atoms with van der Waals surface area (Å²) in [4.78, 5) is 36.9. The molecule has 0 bridgehead atoms. The maximum absolute atomic E-state index is 13.0. The molecule has 0 unspecified atom stereocenters. The van der Waals surface area contributed by atoms with Crippen LogP contribution in [-0.4, -0.2) is 41.4 Å². The van der Waals surface area contributed by atoms with Crippen molar-refractivity contribution in [1.29, 1.82) is 0 Å². The Morgan fingerprint density at radius 2 is 1.85 bits per heavy atom. The molecule has 2 aromatic heterocycles. The molecule has 40 heavy (non-hydrogen) atoms. The van der Waals surface area contributed by atoms with Crippen molar-refractivity contribution in [3.63, 3.8) is 0 Å². The van der Waals surface area contributed by atoms with E-state index in [1.807, 2.05) is 73.0 Å². The van der Waals surface area contributed by atoms with Crippen molar-refractivity contribution in [2.45, 2.75) is 67.0 Å². The predicted molar refractivity (Wildman–Crippen MR) is 158 cm³/mol. The van der Waals surface area contributed by atoms with Crippen molar-refractivity contribution in [2.75, 3.05) is 34.8 Å². The molecule has 0 saturated heterocycles. The van der Waals surface area contributed by atoms with Crippen molar-refractivity contribution in [3.05, 3.63) is 63.8 Å². The highest BCUT2D eigenvalue weighted by Crippen LogP contribution is 2.40. The highest BCUT2D eigenvalue weighted by atomic mass is 16.6. The fourth-order valence-corrected chi connectivity index (χ4v) is 4.84. The van der Waals surface area contributed by atoms with Crippen molar-refractivity contribution in [2.24, 2.45) is 5.18 Å². The number of aromatic nitrogens is 2. The summed E-state index contributed by atoms with van der Waals surface area (Å²) in [7, 11) is 0. The standard InChI is InChI=1S/C28H32N6O4.C2H6/c1-17-12-21(6-7-22(17)32-36)31-24-13-20-16-33(9-8-19(20)14-29-24)23-15-30-26-25(18(23)2)34(10-11-37-26)27(35)38-28(3,4)5;1-2/h6-7,12-15H,8-11,16H2,1-5H3,(H,29,31);1-2H3. The van der Waals surface area contributed by atoms with Gasteiger partial charge in [0.25, 0.3) is 0 Å². The lowest BCUT2D eigenvalue weighted by molar-refractivity contribution is 0.0566. The van der Waals surface area contributed by atoms with Gasteiger partial charge in [-0.15, -0.1) is 4.91 Å². The van der Waals surface area contributed by atoms with Crippen LogP contribution in [0.2, 0.25) is 0 Å². The minimum atomic E-state index is -0.600. The molecular weight excluding hydrogens is 508 g/mol. The Kier molecular flexibility index (Phi) is 8.56. The van der Waals surface area contributed by atoms with E-state index in [1.165, 1.54) is 5.56 Å². The molecule has 212 valence electrons. The predicted octanol–water partition coefficient (Wildman–Crippen LogP) is 6.96. The first kappa shape index (κ1) is 28.8. The summed E-state index contributed by atoms with van der Waals surface area (Å²) in [5.41, 5.74) is 6.37. The van der Waals surface area contributed by atoms with Crippen LogP contribution in [0.1, 0.15) is 56.9 Å². The molecule has 4 heterocycles. The summed E-state index contributed by atoms with van der Waals surface area (Å²) in [5.74, 6) is 1.17. The summed E-state index contributed by atoms with van der Waals surface area (Å²) in [6, 6.07) is 7.45. The normalized spacial score (nSPS) is 14.2. The van der Waals surface area contributed by atoms with Crippen LogP contribution in [0, 0.1) is 18.8 Å². The molecular formula is C30H38N6O4. The minimum Gasteiger partial charge on any atom is -0.474 e.